The van der Waals surface area contributed by atoms with E-state index in [1.165, 1.54) is 12.5 Å². The van der Waals surface area contributed by atoms with E-state index in [0.717, 1.165) is 16.5 Å². The molecule has 1 aromatic carbocycles. The van der Waals surface area contributed by atoms with Crippen molar-refractivity contribution in [2.24, 2.45) is 0 Å². The maximum Gasteiger partial charge on any atom is 0.257 e. The molecular weight excluding hydrogens is 308 g/mol. The number of amides is 1. The molecule has 7 heteroatoms. The molecule has 124 valence electrons. The van der Waals surface area contributed by atoms with E-state index in [9.17, 15) is 9.90 Å². The number of aliphatic hydroxyl groups is 1. The van der Waals surface area contributed by atoms with Gasteiger partial charge in [0.25, 0.3) is 5.91 Å². The first-order chi connectivity index (χ1) is 11.5. The molecule has 1 amide bonds. The lowest BCUT2D eigenvalue weighted by atomic mass is 10.00. The van der Waals surface area contributed by atoms with Crippen LogP contribution < -0.4 is 0 Å². The summed E-state index contributed by atoms with van der Waals surface area (Å²) in [7, 11) is 0. The van der Waals surface area contributed by atoms with Crippen LogP contribution in [0.4, 0.5) is 0 Å². The van der Waals surface area contributed by atoms with Gasteiger partial charge in [0.2, 0.25) is 0 Å². The topological polar surface area (TPSA) is 95.3 Å². The number of nitrogens with zero attached hydrogens (tertiary/aromatic N) is 3. The zero-order valence-corrected chi connectivity index (χ0v) is 13.5. The minimum Gasteiger partial charge on any atom is -0.463 e. The van der Waals surface area contributed by atoms with Crippen LogP contribution in [0, 0.1) is 13.8 Å². The second-order valence-electron chi connectivity index (χ2n) is 6.45. The Labute approximate surface area is 138 Å². The van der Waals surface area contributed by atoms with E-state index in [2.05, 4.69) is 15.4 Å². The van der Waals surface area contributed by atoms with Crippen molar-refractivity contribution in [2.75, 3.05) is 13.1 Å². The van der Waals surface area contributed by atoms with Gasteiger partial charge in [0.05, 0.1) is 18.3 Å². The van der Waals surface area contributed by atoms with Crippen molar-refractivity contribution in [3.05, 3.63) is 47.0 Å². The SMILES string of the molecule is Cc1cc2occ(C(=O)N3CCC(O)(c4cn[nH]n4)C3)c2cc1C. The monoisotopic (exact) mass is 326 g/mol. The quantitative estimate of drug-likeness (QED) is 0.750. The van der Waals surface area contributed by atoms with E-state index < -0.39 is 5.60 Å². The zero-order chi connectivity index (χ0) is 16.9. The standard InChI is InChI=1S/C17H18N4O3/c1-10-5-12-13(8-24-14(12)6-11(10)2)16(22)21-4-3-17(23,9-21)15-7-18-20-19-15/h5-8,23H,3-4,9H2,1-2H3,(H,18,19,20). The van der Waals surface area contributed by atoms with Gasteiger partial charge in [0.1, 0.15) is 23.1 Å². The molecule has 1 atom stereocenters. The van der Waals surface area contributed by atoms with Crippen LogP contribution >= 0.6 is 0 Å². The number of β-amino-alcohol motifs (C(OH)–C–C–N with tert-alkyl or cyclic N) is 1. The van der Waals surface area contributed by atoms with Crippen molar-refractivity contribution < 1.29 is 14.3 Å². The molecule has 3 heterocycles. The van der Waals surface area contributed by atoms with Crippen molar-refractivity contribution in [1.29, 1.82) is 0 Å². The highest BCUT2D eigenvalue weighted by molar-refractivity contribution is 6.06. The second kappa shape index (κ2) is 5.17. The summed E-state index contributed by atoms with van der Waals surface area (Å²) in [4.78, 5) is 14.5. The van der Waals surface area contributed by atoms with E-state index in [1.807, 2.05) is 26.0 Å². The van der Waals surface area contributed by atoms with Crippen LogP contribution in [0.5, 0.6) is 0 Å². The number of benzene rings is 1. The van der Waals surface area contributed by atoms with Crippen molar-refractivity contribution in [3.63, 3.8) is 0 Å². The molecule has 1 unspecified atom stereocenters. The summed E-state index contributed by atoms with van der Waals surface area (Å²) in [5.74, 6) is -0.142. The van der Waals surface area contributed by atoms with Crippen molar-refractivity contribution in [2.45, 2.75) is 25.9 Å². The summed E-state index contributed by atoms with van der Waals surface area (Å²) < 4.78 is 5.55. The number of furan rings is 1. The molecule has 1 fully saturated rings. The lowest BCUT2D eigenvalue weighted by Crippen LogP contribution is -2.34. The van der Waals surface area contributed by atoms with Crippen molar-refractivity contribution >= 4 is 16.9 Å². The second-order valence-corrected chi connectivity index (χ2v) is 6.45. The zero-order valence-electron chi connectivity index (χ0n) is 13.5. The number of aryl methyl sites for hydroxylation is 2. The largest absolute Gasteiger partial charge is 0.463 e. The molecule has 2 N–H and O–H groups in total. The molecule has 1 aliphatic heterocycles. The number of nitrogens with one attached hydrogen (secondary N) is 1. The Morgan fingerprint density at radius 2 is 2.17 bits per heavy atom. The third-order valence-electron chi connectivity index (χ3n) is 4.85. The molecule has 1 saturated heterocycles. The van der Waals surface area contributed by atoms with E-state index in [1.54, 1.807) is 4.90 Å². The molecule has 2 aromatic heterocycles. The average molecular weight is 326 g/mol. The maximum absolute atomic E-state index is 12.9. The normalized spacial score (nSPS) is 20.9. The number of rotatable bonds is 2. The molecule has 3 aromatic rings. The minimum absolute atomic E-state index is 0.142. The Balaban J connectivity index is 1.64. The van der Waals surface area contributed by atoms with Gasteiger partial charge in [-0.25, -0.2) is 0 Å². The van der Waals surface area contributed by atoms with Crippen LogP contribution in [-0.4, -0.2) is 44.4 Å². The van der Waals surface area contributed by atoms with Gasteiger partial charge < -0.3 is 14.4 Å². The predicted molar refractivity (Wildman–Crippen MR) is 86.5 cm³/mol. The first-order valence-electron chi connectivity index (χ1n) is 7.84. The average Bonchev–Trinajstić information content (AvgIpc) is 3.27. The Hall–Kier alpha value is -2.67. The molecule has 1 aliphatic rings. The van der Waals surface area contributed by atoms with Crippen LogP contribution in [0.2, 0.25) is 0 Å². The number of hydrogen-bond acceptors (Lipinski definition) is 5. The summed E-state index contributed by atoms with van der Waals surface area (Å²) in [5.41, 5.74) is 2.76. The number of carbonyl (C=O) groups excluding carboxylic acids is 1. The first kappa shape index (κ1) is 14.9. The van der Waals surface area contributed by atoms with Gasteiger partial charge in [-0.1, -0.05) is 0 Å². The molecule has 0 aliphatic carbocycles. The fourth-order valence-corrected chi connectivity index (χ4v) is 3.22. The summed E-state index contributed by atoms with van der Waals surface area (Å²) in [6, 6.07) is 3.92. The predicted octanol–water partition coefficient (Wildman–Crippen LogP) is 1.90. The molecule has 0 spiro atoms. The molecule has 0 radical (unpaired) electrons. The number of H-pyrrole nitrogens is 1. The Bertz CT molecular complexity index is 915. The summed E-state index contributed by atoms with van der Waals surface area (Å²) >= 11 is 0. The number of fused-ring (bicyclic) bond motifs is 1. The van der Waals surface area contributed by atoms with Crippen LogP contribution in [0.1, 0.15) is 33.6 Å². The highest BCUT2D eigenvalue weighted by atomic mass is 16.3. The summed E-state index contributed by atoms with van der Waals surface area (Å²) in [5, 5.41) is 21.7. The molecular formula is C17H18N4O3. The van der Waals surface area contributed by atoms with Gasteiger partial charge in [-0.2, -0.15) is 15.4 Å². The fourth-order valence-electron chi connectivity index (χ4n) is 3.22. The molecule has 0 saturated carbocycles. The number of likely N-dealkylation sites (tertiary alicyclic amines) is 1. The Morgan fingerprint density at radius 1 is 1.38 bits per heavy atom. The number of aromatic amines is 1. The van der Waals surface area contributed by atoms with Crippen molar-refractivity contribution in [3.8, 4) is 0 Å². The van der Waals surface area contributed by atoms with Crippen LogP contribution in [0.15, 0.2) is 29.0 Å². The van der Waals surface area contributed by atoms with E-state index >= 15 is 0 Å². The molecule has 7 nitrogen and oxygen atoms in total. The fraction of sp³-hybridized carbons (Fsp3) is 0.353. The number of hydrogen-bond donors (Lipinski definition) is 2. The van der Waals surface area contributed by atoms with Crippen LogP contribution in [0.3, 0.4) is 0 Å². The molecule has 24 heavy (non-hydrogen) atoms. The van der Waals surface area contributed by atoms with Gasteiger partial charge >= 0.3 is 0 Å². The van der Waals surface area contributed by atoms with Gasteiger partial charge in [-0.15, -0.1) is 0 Å². The maximum atomic E-state index is 12.9. The third-order valence-corrected chi connectivity index (χ3v) is 4.85. The smallest absolute Gasteiger partial charge is 0.257 e. The first-order valence-corrected chi connectivity index (χ1v) is 7.84. The highest BCUT2D eigenvalue weighted by Crippen LogP contribution is 2.32. The van der Waals surface area contributed by atoms with Gasteiger partial charge in [0.15, 0.2) is 0 Å². The summed E-state index contributed by atoms with van der Waals surface area (Å²) in [6.45, 7) is 4.67. The number of carbonyl (C=O) groups is 1. The minimum atomic E-state index is -1.16. The lowest BCUT2D eigenvalue weighted by Gasteiger charge is -2.20. The number of aromatic nitrogens is 3. The van der Waals surface area contributed by atoms with Crippen LogP contribution in [0.25, 0.3) is 11.0 Å². The van der Waals surface area contributed by atoms with Gasteiger partial charge in [0, 0.05) is 18.4 Å². The third kappa shape index (κ3) is 2.20. The van der Waals surface area contributed by atoms with Crippen LogP contribution in [-0.2, 0) is 5.60 Å². The lowest BCUT2D eigenvalue weighted by molar-refractivity contribution is 0.0382. The van der Waals surface area contributed by atoms with E-state index in [0.29, 0.717) is 29.8 Å². The Morgan fingerprint density at radius 3 is 2.92 bits per heavy atom. The summed E-state index contributed by atoms with van der Waals surface area (Å²) in [6.07, 6.45) is 3.42. The Kier molecular flexibility index (Phi) is 3.21. The van der Waals surface area contributed by atoms with Crippen molar-refractivity contribution in [1.82, 2.24) is 20.3 Å². The van der Waals surface area contributed by atoms with Gasteiger partial charge in [-0.3, -0.25) is 4.79 Å². The highest BCUT2D eigenvalue weighted by Gasteiger charge is 2.42. The molecule has 4 rings (SSSR count). The molecule has 0 bridgehead atoms. The van der Waals surface area contributed by atoms with E-state index in [4.69, 9.17) is 4.42 Å². The van der Waals surface area contributed by atoms with E-state index in [-0.39, 0.29) is 12.5 Å². The van der Waals surface area contributed by atoms with Gasteiger partial charge in [-0.05, 0) is 37.1 Å².